The van der Waals surface area contributed by atoms with Crippen LogP contribution in [0.1, 0.15) is 39.0 Å². The molecular formula is C23H21NO6S. The van der Waals surface area contributed by atoms with Gasteiger partial charge < -0.3 is 23.9 Å². The zero-order chi connectivity index (χ0) is 21.8. The molecule has 0 spiro atoms. The van der Waals surface area contributed by atoms with E-state index in [1.807, 2.05) is 25.1 Å². The van der Waals surface area contributed by atoms with E-state index in [2.05, 4.69) is 5.32 Å². The van der Waals surface area contributed by atoms with E-state index in [1.165, 1.54) is 23.7 Å². The fourth-order valence-corrected chi connectivity index (χ4v) is 4.43. The highest BCUT2D eigenvalue weighted by Crippen LogP contribution is 2.37. The van der Waals surface area contributed by atoms with Gasteiger partial charge in [0, 0.05) is 17.4 Å². The van der Waals surface area contributed by atoms with Crippen LogP contribution in [0.2, 0.25) is 0 Å². The second-order valence-electron chi connectivity index (χ2n) is 6.78. The third-order valence-corrected chi connectivity index (χ3v) is 5.91. The standard InChI is InChI=1S/C23H21NO6S/c1-3-27-23(26)21-14(2)19(12-15-6-8-17-18(11-15)30-13-29-17)31-22(21)24-20(25)9-7-16-5-4-10-28-16/h4-11H,3,12-13H2,1-2H3,(H,24,25). The monoisotopic (exact) mass is 439 g/mol. The van der Waals surface area contributed by atoms with Crippen molar-refractivity contribution in [1.82, 2.24) is 0 Å². The highest BCUT2D eigenvalue weighted by molar-refractivity contribution is 7.17. The minimum Gasteiger partial charge on any atom is -0.465 e. The van der Waals surface area contributed by atoms with Gasteiger partial charge in [0.25, 0.3) is 0 Å². The van der Waals surface area contributed by atoms with E-state index in [0.29, 0.717) is 28.5 Å². The molecule has 31 heavy (non-hydrogen) atoms. The van der Waals surface area contributed by atoms with Crippen LogP contribution in [0.4, 0.5) is 5.00 Å². The number of fused-ring (bicyclic) bond motifs is 1. The van der Waals surface area contributed by atoms with Gasteiger partial charge in [-0.3, -0.25) is 4.79 Å². The fourth-order valence-electron chi connectivity index (χ4n) is 3.20. The molecule has 3 aromatic rings. The lowest BCUT2D eigenvalue weighted by atomic mass is 10.1. The number of carbonyl (C=O) groups is 2. The van der Waals surface area contributed by atoms with Crippen LogP contribution < -0.4 is 14.8 Å². The lowest BCUT2D eigenvalue weighted by Gasteiger charge is -2.06. The molecule has 0 fully saturated rings. The number of hydrogen-bond acceptors (Lipinski definition) is 7. The van der Waals surface area contributed by atoms with E-state index in [9.17, 15) is 9.59 Å². The number of amides is 1. The smallest absolute Gasteiger partial charge is 0.341 e. The van der Waals surface area contributed by atoms with Crippen LogP contribution in [0.15, 0.2) is 47.1 Å². The second kappa shape index (κ2) is 9.09. The van der Waals surface area contributed by atoms with Gasteiger partial charge in [0.2, 0.25) is 12.7 Å². The van der Waals surface area contributed by atoms with E-state index in [4.69, 9.17) is 18.6 Å². The third-order valence-electron chi connectivity index (χ3n) is 4.71. The van der Waals surface area contributed by atoms with Gasteiger partial charge in [-0.25, -0.2) is 4.79 Å². The van der Waals surface area contributed by atoms with Crippen molar-refractivity contribution in [2.24, 2.45) is 0 Å². The molecule has 0 aliphatic carbocycles. The summed E-state index contributed by atoms with van der Waals surface area (Å²) in [5.74, 6) is 1.16. The molecule has 1 aliphatic rings. The first-order valence-electron chi connectivity index (χ1n) is 9.75. The summed E-state index contributed by atoms with van der Waals surface area (Å²) < 4.78 is 21.2. The SMILES string of the molecule is CCOC(=O)c1c(NC(=O)C=Cc2ccco2)sc(Cc2ccc3c(c2)OCO3)c1C. The molecule has 0 saturated carbocycles. The Morgan fingerprint density at radius 2 is 2.06 bits per heavy atom. The number of esters is 1. The summed E-state index contributed by atoms with van der Waals surface area (Å²) in [7, 11) is 0. The maximum atomic E-state index is 12.6. The van der Waals surface area contributed by atoms with Gasteiger partial charge in [0.1, 0.15) is 10.8 Å². The summed E-state index contributed by atoms with van der Waals surface area (Å²) in [6, 6.07) is 9.24. The quantitative estimate of drug-likeness (QED) is 0.420. The minimum atomic E-state index is -0.460. The molecule has 3 heterocycles. The normalized spacial score (nSPS) is 12.3. The van der Waals surface area contributed by atoms with Crippen LogP contribution >= 0.6 is 11.3 Å². The summed E-state index contributed by atoms with van der Waals surface area (Å²) in [4.78, 5) is 26.0. The Hall–Kier alpha value is -3.52. The number of carbonyl (C=O) groups excluding carboxylic acids is 2. The zero-order valence-corrected chi connectivity index (χ0v) is 17.9. The Morgan fingerprint density at radius 1 is 1.23 bits per heavy atom. The van der Waals surface area contributed by atoms with E-state index in [0.717, 1.165) is 21.8 Å². The lowest BCUT2D eigenvalue weighted by molar-refractivity contribution is -0.111. The number of benzene rings is 1. The highest BCUT2D eigenvalue weighted by atomic mass is 32.1. The zero-order valence-electron chi connectivity index (χ0n) is 17.1. The molecule has 0 atom stereocenters. The average Bonchev–Trinajstić information content (AvgIpc) is 3.48. The fraction of sp³-hybridized carbons (Fsp3) is 0.217. The third kappa shape index (κ3) is 4.64. The van der Waals surface area contributed by atoms with Crippen molar-refractivity contribution in [3.05, 3.63) is 70.0 Å². The summed E-state index contributed by atoms with van der Waals surface area (Å²) in [5.41, 5.74) is 2.17. The first-order chi connectivity index (χ1) is 15.0. The Balaban J connectivity index is 1.59. The molecule has 7 nitrogen and oxygen atoms in total. The van der Waals surface area contributed by atoms with E-state index < -0.39 is 5.97 Å². The Labute approximate surface area is 183 Å². The van der Waals surface area contributed by atoms with Crippen molar-refractivity contribution in [2.75, 3.05) is 18.7 Å². The van der Waals surface area contributed by atoms with E-state index in [1.54, 1.807) is 25.1 Å². The maximum Gasteiger partial charge on any atom is 0.341 e. The number of anilines is 1. The molecule has 1 aliphatic heterocycles. The second-order valence-corrected chi connectivity index (χ2v) is 7.88. The number of ether oxygens (including phenoxy) is 3. The Kier molecular flexibility index (Phi) is 6.08. The molecule has 1 aromatic carbocycles. The first-order valence-corrected chi connectivity index (χ1v) is 10.6. The number of hydrogen-bond donors (Lipinski definition) is 1. The van der Waals surface area contributed by atoms with Gasteiger partial charge >= 0.3 is 5.97 Å². The summed E-state index contributed by atoms with van der Waals surface area (Å²) in [6.07, 6.45) is 5.03. The lowest BCUT2D eigenvalue weighted by Crippen LogP contribution is -2.12. The number of nitrogens with one attached hydrogen (secondary N) is 1. The van der Waals surface area contributed by atoms with Crippen molar-refractivity contribution in [2.45, 2.75) is 20.3 Å². The van der Waals surface area contributed by atoms with Gasteiger partial charge in [-0.15, -0.1) is 11.3 Å². The van der Waals surface area contributed by atoms with Crippen molar-refractivity contribution in [3.8, 4) is 11.5 Å². The van der Waals surface area contributed by atoms with Crippen LogP contribution in [0.3, 0.4) is 0 Å². The van der Waals surface area contributed by atoms with Gasteiger partial charge in [-0.05, 0) is 55.3 Å². The van der Waals surface area contributed by atoms with Crippen LogP contribution in [-0.2, 0) is 16.0 Å². The van der Waals surface area contributed by atoms with Crippen molar-refractivity contribution in [1.29, 1.82) is 0 Å². The molecule has 4 rings (SSSR count). The summed E-state index contributed by atoms with van der Waals surface area (Å²) in [6.45, 7) is 4.07. The molecule has 0 bridgehead atoms. The van der Waals surface area contributed by atoms with Crippen molar-refractivity contribution >= 4 is 34.3 Å². The molecule has 0 unspecified atom stereocenters. The number of rotatable bonds is 7. The first kappa shape index (κ1) is 20.7. The van der Waals surface area contributed by atoms with Crippen LogP contribution in [-0.4, -0.2) is 25.3 Å². The van der Waals surface area contributed by atoms with Gasteiger partial charge in [0.15, 0.2) is 11.5 Å². The van der Waals surface area contributed by atoms with E-state index in [-0.39, 0.29) is 19.3 Å². The van der Waals surface area contributed by atoms with Gasteiger partial charge in [0.05, 0.1) is 18.4 Å². The Bertz CT molecular complexity index is 1130. The van der Waals surface area contributed by atoms with Gasteiger partial charge in [-0.2, -0.15) is 0 Å². The Morgan fingerprint density at radius 3 is 2.84 bits per heavy atom. The predicted octanol–water partition coefficient (Wildman–Crippen LogP) is 4.80. The maximum absolute atomic E-state index is 12.6. The van der Waals surface area contributed by atoms with E-state index >= 15 is 0 Å². The van der Waals surface area contributed by atoms with Crippen molar-refractivity contribution < 1.29 is 28.2 Å². The summed E-state index contributed by atoms with van der Waals surface area (Å²) >= 11 is 1.36. The van der Waals surface area contributed by atoms with Crippen LogP contribution in [0.5, 0.6) is 11.5 Å². The molecule has 2 aromatic heterocycles. The van der Waals surface area contributed by atoms with Crippen LogP contribution in [0.25, 0.3) is 6.08 Å². The van der Waals surface area contributed by atoms with Crippen LogP contribution in [0, 0.1) is 6.92 Å². The summed E-state index contributed by atoms with van der Waals surface area (Å²) in [5, 5.41) is 3.27. The number of furan rings is 1. The van der Waals surface area contributed by atoms with Crippen molar-refractivity contribution in [3.63, 3.8) is 0 Å². The molecule has 0 radical (unpaired) electrons. The topological polar surface area (TPSA) is 87.0 Å². The molecular weight excluding hydrogens is 418 g/mol. The molecule has 0 saturated heterocycles. The minimum absolute atomic E-state index is 0.214. The molecule has 1 amide bonds. The predicted molar refractivity (Wildman–Crippen MR) is 117 cm³/mol. The van der Waals surface area contributed by atoms with Gasteiger partial charge in [-0.1, -0.05) is 6.07 Å². The average molecular weight is 439 g/mol. The number of thiophene rings is 1. The largest absolute Gasteiger partial charge is 0.465 e. The highest BCUT2D eigenvalue weighted by Gasteiger charge is 2.24. The molecule has 8 heteroatoms. The molecule has 160 valence electrons. The molecule has 1 N–H and O–H groups in total.